The van der Waals surface area contributed by atoms with Crippen LogP contribution in [-0.2, 0) is 16.1 Å². The lowest BCUT2D eigenvalue weighted by Gasteiger charge is -2.15. The molecule has 1 saturated carbocycles. The van der Waals surface area contributed by atoms with Gasteiger partial charge >= 0.3 is 0 Å². The molecule has 150 valence electrons. The van der Waals surface area contributed by atoms with E-state index in [1.807, 2.05) is 48.5 Å². The number of nitrogens with one attached hydrogen (secondary N) is 2. The zero-order valence-corrected chi connectivity index (χ0v) is 16.7. The molecular formula is C23H30N2O3. The van der Waals surface area contributed by atoms with Gasteiger partial charge in [0.1, 0.15) is 11.9 Å². The van der Waals surface area contributed by atoms with Gasteiger partial charge in [0.25, 0.3) is 5.91 Å². The third kappa shape index (κ3) is 5.99. The fourth-order valence-corrected chi connectivity index (χ4v) is 3.45. The van der Waals surface area contributed by atoms with Gasteiger partial charge in [-0.1, -0.05) is 25.0 Å². The minimum atomic E-state index is -0.550. The fraction of sp³-hybridized carbons (Fsp3) is 0.435. The Morgan fingerprint density at radius 3 is 2.54 bits per heavy atom. The molecule has 0 spiro atoms. The molecule has 1 aliphatic rings. The minimum Gasteiger partial charge on any atom is -0.497 e. The summed E-state index contributed by atoms with van der Waals surface area (Å²) in [4.78, 5) is 12.4. The van der Waals surface area contributed by atoms with Gasteiger partial charge in [-0.2, -0.15) is 0 Å². The maximum Gasteiger partial charge on any atom is 0.253 e. The lowest BCUT2D eigenvalue weighted by molar-refractivity contribution is -0.127. The summed E-state index contributed by atoms with van der Waals surface area (Å²) in [6, 6.07) is 15.5. The molecule has 5 heteroatoms. The van der Waals surface area contributed by atoms with E-state index in [-0.39, 0.29) is 5.91 Å². The van der Waals surface area contributed by atoms with E-state index < -0.39 is 6.10 Å². The van der Waals surface area contributed by atoms with Crippen LogP contribution < -0.4 is 15.4 Å². The number of carbonyl (C=O) groups excluding carboxylic acids is 1. The second kappa shape index (κ2) is 10.1. The first kappa shape index (κ1) is 20.2. The van der Waals surface area contributed by atoms with E-state index in [9.17, 15) is 4.79 Å². The van der Waals surface area contributed by atoms with Crippen LogP contribution in [0.2, 0.25) is 0 Å². The van der Waals surface area contributed by atoms with Crippen molar-refractivity contribution in [2.75, 3.05) is 24.3 Å². The highest BCUT2D eigenvalue weighted by molar-refractivity contribution is 5.94. The lowest BCUT2D eigenvalue weighted by atomic mass is 10.1. The Morgan fingerprint density at radius 2 is 1.82 bits per heavy atom. The molecule has 5 nitrogen and oxygen atoms in total. The van der Waals surface area contributed by atoms with Gasteiger partial charge in [0.2, 0.25) is 0 Å². The summed E-state index contributed by atoms with van der Waals surface area (Å²) < 4.78 is 10.9. The van der Waals surface area contributed by atoms with Crippen molar-refractivity contribution < 1.29 is 14.3 Å². The molecule has 1 aliphatic carbocycles. The number of carbonyl (C=O) groups is 1. The minimum absolute atomic E-state index is 0.158. The van der Waals surface area contributed by atoms with E-state index in [2.05, 4.69) is 10.6 Å². The van der Waals surface area contributed by atoms with Crippen molar-refractivity contribution >= 4 is 17.3 Å². The van der Waals surface area contributed by atoms with Crippen molar-refractivity contribution in [3.63, 3.8) is 0 Å². The van der Waals surface area contributed by atoms with Gasteiger partial charge in [-0.15, -0.1) is 0 Å². The molecule has 3 rings (SSSR count). The Morgan fingerprint density at radius 1 is 1.11 bits per heavy atom. The van der Waals surface area contributed by atoms with Crippen LogP contribution in [0.3, 0.4) is 0 Å². The van der Waals surface area contributed by atoms with Crippen molar-refractivity contribution in [3.8, 4) is 5.75 Å². The molecule has 2 aromatic rings. The number of benzene rings is 2. The molecule has 2 N–H and O–H groups in total. The second-order valence-electron chi connectivity index (χ2n) is 7.40. The summed E-state index contributed by atoms with van der Waals surface area (Å²) in [5.74, 6) is 1.41. The van der Waals surface area contributed by atoms with E-state index >= 15 is 0 Å². The van der Waals surface area contributed by atoms with Crippen molar-refractivity contribution in [3.05, 3.63) is 54.1 Å². The summed E-state index contributed by atoms with van der Waals surface area (Å²) in [7, 11) is 1.63. The Bertz CT molecular complexity index is 755. The third-order valence-corrected chi connectivity index (χ3v) is 5.23. The largest absolute Gasteiger partial charge is 0.497 e. The highest BCUT2D eigenvalue weighted by Crippen LogP contribution is 2.25. The van der Waals surface area contributed by atoms with Crippen molar-refractivity contribution in [1.29, 1.82) is 0 Å². The van der Waals surface area contributed by atoms with E-state index in [1.165, 1.54) is 25.7 Å². The van der Waals surface area contributed by atoms with E-state index in [4.69, 9.17) is 9.47 Å². The molecule has 1 unspecified atom stereocenters. The van der Waals surface area contributed by atoms with Gasteiger partial charge < -0.3 is 20.1 Å². The molecule has 2 aromatic carbocycles. The van der Waals surface area contributed by atoms with Gasteiger partial charge in [0, 0.05) is 17.9 Å². The Hall–Kier alpha value is -2.53. The Balaban J connectivity index is 1.43. The zero-order valence-electron chi connectivity index (χ0n) is 16.7. The molecule has 1 fully saturated rings. The SMILES string of the molecule is COc1cccc(COC(C)C(=O)Nc2ccc(NCC3CCCC3)cc2)c1. The van der Waals surface area contributed by atoms with Gasteiger partial charge in [-0.3, -0.25) is 4.79 Å². The Kier molecular flexibility index (Phi) is 7.31. The van der Waals surface area contributed by atoms with Gasteiger partial charge in [-0.05, 0) is 67.6 Å². The summed E-state index contributed by atoms with van der Waals surface area (Å²) in [6.07, 6.45) is 4.82. The third-order valence-electron chi connectivity index (χ3n) is 5.23. The molecule has 0 saturated heterocycles. The summed E-state index contributed by atoms with van der Waals surface area (Å²) in [5.41, 5.74) is 2.83. The molecular weight excluding hydrogens is 352 g/mol. The molecule has 0 bridgehead atoms. The van der Waals surface area contributed by atoms with Crippen LogP contribution in [0.15, 0.2) is 48.5 Å². The van der Waals surface area contributed by atoms with Gasteiger partial charge in [0.15, 0.2) is 0 Å². The van der Waals surface area contributed by atoms with Gasteiger partial charge in [-0.25, -0.2) is 0 Å². The fourth-order valence-electron chi connectivity index (χ4n) is 3.45. The quantitative estimate of drug-likeness (QED) is 0.651. The standard InChI is InChI=1S/C23H30N2O3/c1-17(28-16-19-8-5-9-22(14-19)27-2)23(26)25-21-12-10-20(11-13-21)24-15-18-6-3-4-7-18/h5,8-14,17-18,24H,3-4,6-7,15-16H2,1-2H3,(H,25,26). The molecule has 1 amide bonds. The summed E-state index contributed by atoms with van der Waals surface area (Å²) in [6.45, 7) is 3.14. The number of anilines is 2. The maximum absolute atomic E-state index is 12.4. The molecule has 0 aliphatic heterocycles. The highest BCUT2D eigenvalue weighted by Gasteiger charge is 2.15. The van der Waals surface area contributed by atoms with E-state index in [0.29, 0.717) is 6.61 Å². The zero-order chi connectivity index (χ0) is 19.8. The normalized spacial score (nSPS) is 15.2. The van der Waals surface area contributed by atoms with Crippen LogP contribution >= 0.6 is 0 Å². The van der Waals surface area contributed by atoms with Crippen LogP contribution in [0.4, 0.5) is 11.4 Å². The summed E-state index contributed by atoms with van der Waals surface area (Å²) >= 11 is 0. The molecule has 1 atom stereocenters. The average Bonchev–Trinajstić information content (AvgIpc) is 3.25. The molecule has 0 radical (unpaired) electrons. The number of ether oxygens (including phenoxy) is 2. The lowest BCUT2D eigenvalue weighted by Crippen LogP contribution is -2.27. The predicted octanol–water partition coefficient (Wildman–Crippen LogP) is 4.84. The summed E-state index contributed by atoms with van der Waals surface area (Å²) in [5, 5.41) is 6.40. The van der Waals surface area contributed by atoms with Crippen LogP contribution in [0.25, 0.3) is 0 Å². The monoisotopic (exact) mass is 382 g/mol. The highest BCUT2D eigenvalue weighted by atomic mass is 16.5. The molecule has 0 aromatic heterocycles. The first-order valence-corrected chi connectivity index (χ1v) is 10.0. The average molecular weight is 383 g/mol. The van der Waals surface area contributed by atoms with Crippen molar-refractivity contribution in [1.82, 2.24) is 0 Å². The Labute approximate surface area is 167 Å². The first-order chi connectivity index (χ1) is 13.6. The number of hydrogen-bond donors (Lipinski definition) is 2. The number of methoxy groups -OCH3 is 1. The van der Waals surface area contributed by atoms with E-state index in [1.54, 1.807) is 14.0 Å². The van der Waals surface area contributed by atoms with E-state index in [0.717, 1.165) is 35.2 Å². The maximum atomic E-state index is 12.4. The van der Waals surface area contributed by atoms with Crippen LogP contribution in [0.5, 0.6) is 5.75 Å². The molecule has 0 heterocycles. The van der Waals surface area contributed by atoms with Crippen LogP contribution in [0, 0.1) is 5.92 Å². The first-order valence-electron chi connectivity index (χ1n) is 10.0. The van der Waals surface area contributed by atoms with Crippen LogP contribution in [0.1, 0.15) is 38.2 Å². The number of hydrogen-bond acceptors (Lipinski definition) is 4. The second-order valence-corrected chi connectivity index (χ2v) is 7.40. The van der Waals surface area contributed by atoms with Gasteiger partial charge in [0.05, 0.1) is 13.7 Å². The van der Waals surface area contributed by atoms with Crippen molar-refractivity contribution in [2.24, 2.45) is 5.92 Å². The van der Waals surface area contributed by atoms with Crippen LogP contribution in [-0.4, -0.2) is 25.7 Å². The molecule has 28 heavy (non-hydrogen) atoms. The number of rotatable bonds is 9. The predicted molar refractivity (Wildman–Crippen MR) is 113 cm³/mol. The van der Waals surface area contributed by atoms with Crippen molar-refractivity contribution in [2.45, 2.75) is 45.3 Å². The topological polar surface area (TPSA) is 59.6 Å². The smallest absolute Gasteiger partial charge is 0.253 e. The number of amides is 1.